The van der Waals surface area contributed by atoms with Gasteiger partial charge in [-0.3, -0.25) is 9.69 Å². The molecule has 3 rings (SSSR count). The Kier molecular flexibility index (Phi) is 7.66. The van der Waals surface area contributed by atoms with Crippen molar-refractivity contribution in [2.75, 3.05) is 32.9 Å². The third kappa shape index (κ3) is 5.81. The van der Waals surface area contributed by atoms with Gasteiger partial charge in [0.25, 0.3) is 5.91 Å². The standard InChI is InChI=1S/C22H31N3O4/c1-4-17(3)25(14-18-6-8-19(9-7-18)28-5-2)15-21-23-20(16-29-21)22(26)24-10-12-27-13-11-24/h6-9,16-17H,4-5,10-15H2,1-3H3. The first kappa shape index (κ1) is 21.3. The molecule has 1 aromatic heterocycles. The summed E-state index contributed by atoms with van der Waals surface area (Å²) in [5.41, 5.74) is 1.57. The minimum Gasteiger partial charge on any atom is -0.494 e. The smallest absolute Gasteiger partial charge is 0.275 e. The molecule has 29 heavy (non-hydrogen) atoms. The van der Waals surface area contributed by atoms with Crippen molar-refractivity contribution >= 4 is 5.91 Å². The fourth-order valence-electron chi connectivity index (χ4n) is 3.30. The fraction of sp³-hybridized carbons (Fsp3) is 0.545. The number of benzene rings is 1. The molecule has 1 aliphatic heterocycles. The maximum absolute atomic E-state index is 12.6. The van der Waals surface area contributed by atoms with Gasteiger partial charge < -0.3 is 18.8 Å². The van der Waals surface area contributed by atoms with E-state index in [1.54, 1.807) is 4.90 Å². The summed E-state index contributed by atoms with van der Waals surface area (Å²) in [6.07, 6.45) is 2.48. The minimum atomic E-state index is -0.0927. The Morgan fingerprint density at radius 1 is 1.21 bits per heavy atom. The maximum Gasteiger partial charge on any atom is 0.275 e. The van der Waals surface area contributed by atoms with E-state index >= 15 is 0 Å². The van der Waals surface area contributed by atoms with Crippen molar-refractivity contribution in [2.45, 2.75) is 46.3 Å². The van der Waals surface area contributed by atoms with Crippen LogP contribution < -0.4 is 4.74 Å². The van der Waals surface area contributed by atoms with Crippen LogP contribution in [-0.2, 0) is 17.8 Å². The van der Waals surface area contributed by atoms with Crippen LogP contribution in [0, 0.1) is 0 Å². The molecule has 1 aromatic carbocycles. The highest BCUT2D eigenvalue weighted by Crippen LogP contribution is 2.18. The molecule has 7 heteroatoms. The molecule has 0 aliphatic carbocycles. The van der Waals surface area contributed by atoms with Crippen LogP contribution in [0.25, 0.3) is 0 Å². The molecular formula is C22H31N3O4. The lowest BCUT2D eigenvalue weighted by Crippen LogP contribution is -2.40. The van der Waals surface area contributed by atoms with E-state index in [1.165, 1.54) is 11.8 Å². The molecule has 0 N–H and O–H groups in total. The molecule has 1 atom stereocenters. The first-order chi connectivity index (χ1) is 14.1. The van der Waals surface area contributed by atoms with Crippen LogP contribution in [0.2, 0.25) is 0 Å². The van der Waals surface area contributed by atoms with Gasteiger partial charge in [0.1, 0.15) is 12.0 Å². The van der Waals surface area contributed by atoms with E-state index in [9.17, 15) is 4.79 Å². The second-order valence-electron chi connectivity index (χ2n) is 7.27. The summed E-state index contributed by atoms with van der Waals surface area (Å²) in [6.45, 7) is 10.7. The van der Waals surface area contributed by atoms with Crippen molar-refractivity contribution in [3.05, 3.63) is 47.7 Å². The van der Waals surface area contributed by atoms with Crippen molar-refractivity contribution in [3.8, 4) is 5.75 Å². The molecule has 2 aromatic rings. The average Bonchev–Trinajstić information content (AvgIpc) is 3.23. The molecule has 7 nitrogen and oxygen atoms in total. The molecule has 0 radical (unpaired) electrons. The van der Waals surface area contributed by atoms with E-state index in [-0.39, 0.29) is 5.91 Å². The van der Waals surface area contributed by atoms with Gasteiger partial charge in [0, 0.05) is 25.7 Å². The number of morpholine rings is 1. The van der Waals surface area contributed by atoms with E-state index in [0.29, 0.717) is 57.1 Å². The molecule has 0 spiro atoms. The Balaban J connectivity index is 1.65. The number of oxazole rings is 1. The average molecular weight is 402 g/mol. The Hall–Kier alpha value is -2.38. The maximum atomic E-state index is 12.6. The Morgan fingerprint density at radius 3 is 2.59 bits per heavy atom. The number of hydrogen-bond acceptors (Lipinski definition) is 6. The van der Waals surface area contributed by atoms with Gasteiger partial charge in [-0.15, -0.1) is 0 Å². The molecular weight excluding hydrogens is 370 g/mol. The number of ether oxygens (including phenoxy) is 2. The van der Waals surface area contributed by atoms with E-state index in [0.717, 1.165) is 18.7 Å². The normalized spacial score (nSPS) is 15.5. The summed E-state index contributed by atoms with van der Waals surface area (Å²) in [5, 5.41) is 0. The second kappa shape index (κ2) is 10.4. The van der Waals surface area contributed by atoms with Crippen LogP contribution in [-0.4, -0.2) is 59.6 Å². The molecule has 1 unspecified atom stereocenters. The highest BCUT2D eigenvalue weighted by atomic mass is 16.5. The van der Waals surface area contributed by atoms with Crippen molar-refractivity contribution in [2.24, 2.45) is 0 Å². The predicted octanol–water partition coefficient (Wildman–Crippen LogP) is 3.35. The number of amides is 1. The van der Waals surface area contributed by atoms with Gasteiger partial charge >= 0.3 is 0 Å². The fourth-order valence-corrected chi connectivity index (χ4v) is 3.30. The number of hydrogen-bond donors (Lipinski definition) is 0. The molecule has 0 saturated carbocycles. The molecule has 2 heterocycles. The zero-order chi connectivity index (χ0) is 20.6. The van der Waals surface area contributed by atoms with E-state index in [4.69, 9.17) is 13.9 Å². The van der Waals surface area contributed by atoms with Gasteiger partial charge in [0.05, 0.1) is 26.4 Å². The summed E-state index contributed by atoms with van der Waals surface area (Å²) < 4.78 is 16.5. The van der Waals surface area contributed by atoms with Crippen molar-refractivity contribution in [3.63, 3.8) is 0 Å². The number of carbonyl (C=O) groups is 1. The van der Waals surface area contributed by atoms with Crippen molar-refractivity contribution < 1.29 is 18.7 Å². The highest BCUT2D eigenvalue weighted by molar-refractivity contribution is 5.92. The van der Waals surface area contributed by atoms with E-state index in [1.807, 2.05) is 19.1 Å². The van der Waals surface area contributed by atoms with Crippen molar-refractivity contribution in [1.82, 2.24) is 14.8 Å². The van der Waals surface area contributed by atoms with Gasteiger partial charge in [0.15, 0.2) is 5.69 Å². The SMILES string of the molecule is CCOc1ccc(CN(Cc2nc(C(=O)N3CCOCC3)co2)C(C)CC)cc1. The first-order valence-corrected chi connectivity index (χ1v) is 10.4. The van der Waals surface area contributed by atoms with Crippen LogP contribution in [0.4, 0.5) is 0 Å². The molecule has 1 amide bonds. The monoisotopic (exact) mass is 401 g/mol. The Labute approximate surface area is 172 Å². The third-order valence-electron chi connectivity index (χ3n) is 5.24. The van der Waals surface area contributed by atoms with E-state index in [2.05, 4.69) is 35.9 Å². The summed E-state index contributed by atoms with van der Waals surface area (Å²) in [4.78, 5) is 21.1. The molecule has 158 valence electrons. The summed E-state index contributed by atoms with van der Waals surface area (Å²) in [6, 6.07) is 8.52. The summed E-state index contributed by atoms with van der Waals surface area (Å²) in [5.74, 6) is 1.35. The largest absolute Gasteiger partial charge is 0.494 e. The predicted molar refractivity (Wildman–Crippen MR) is 110 cm³/mol. The summed E-state index contributed by atoms with van der Waals surface area (Å²) in [7, 11) is 0. The number of nitrogens with zero attached hydrogens (tertiary/aromatic N) is 3. The summed E-state index contributed by atoms with van der Waals surface area (Å²) >= 11 is 0. The topological polar surface area (TPSA) is 68.0 Å². The van der Waals surface area contributed by atoms with Crippen LogP contribution >= 0.6 is 0 Å². The lowest BCUT2D eigenvalue weighted by Gasteiger charge is -2.27. The second-order valence-corrected chi connectivity index (χ2v) is 7.27. The minimum absolute atomic E-state index is 0.0927. The molecule has 1 saturated heterocycles. The van der Waals surface area contributed by atoms with Crippen LogP contribution in [0.1, 0.15) is 49.1 Å². The molecule has 1 aliphatic rings. The van der Waals surface area contributed by atoms with Crippen LogP contribution in [0.5, 0.6) is 5.75 Å². The third-order valence-corrected chi connectivity index (χ3v) is 5.24. The van der Waals surface area contributed by atoms with Gasteiger partial charge in [-0.25, -0.2) is 4.98 Å². The number of aromatic nitrogens is 1. The van der Waals surface area contributed by atoms with Gasteiger partial charge in [-0.05, 0) is 38.0 Å². The quantitative estimate of drug-likeness (QED) is 0.642. The Morgan fingerprint density at radius 2 is 1.93 bits per heavy atom. The van der Waals surface area contributed by atoms with Gasteiger partial charge in [-0.2, -0.15) is 0 Å². The zero-order valence-corrected chi connectivity index (χ0v) is 17.6. The molecule has 1 fully saturated rings. The van der Waals surface area contributed by atoms with Gasteiger partial charge in [0.2, 0.25) is 5.89 Å². The highest BCUT2D eigenvalue weighted by Gasteiger charge is 2.23. The first-order valence-electron chi connectivity index (χ1n) is 10.4. The number of carbonyl (C=O) groups excluding carboxylic acids is 1. The lowest BCUT2D eigenvalue weighted by atomic mass is 10.1. The number of rotatable bonds is 9. The van der Waals surface area contributed by atoms with Gasteiger partial charge in [-0.1, -0.05) is 19.1 Å². The van der Waals surface area contributed by atoms with Crippen molar-refractivity contribution in [1.29, 1.82) is 0 Å². The van der Waals surface area contributed by atoms with Crippen LogP contribution in [0.15, 0.2) is 34.9 Å². The van der Waals surface area contributed by atoms with E-state index < -0.39 is 0 Å². The molecule has 0 bridgehead atoms. The lowest BCUT2D eigenvalue weighted by molar-refractivity contribution is 0.0299. The zero-order valence-electron chi connectivity index (χ0n) is 17.6. The Bertz CT molecular complexity index is 769. The van der Waals surface area contributed by atoms with Crippen LogP contribution in [0.3, 0.4) is 0 Å².